The zero-order chi connectivity index (χ0) is 16.1. The first-order valence-corrected chi connectivity index (χ1v) is 12.7. The van der Waals surface area contributed by atoms with Crippen LogP contribution in [0.15, 0.2) is 91.0 Å². The van der Waals surface area contributed by atoms with E-state index in [1.165, 1.54) is 27.6 Å². The van der Waals surface area contributed by atoms with E-state index < -0.39 is 5.33 Å². The van der Waals surface area contributed by atoms with E-state index in [0.717, 1.165) is 0 Å². The molecule has 3 heteroatoms. The lowest BCUT2D eigenvalue weighted by molar-refractivity contribution is 1.55. The van der Waals surface area contributed by atoms with E-state index >= 15 is 0 Å². The van der Waals surface area contributed by atoms with Crippen LogP contribution in [0.1, 0.15) is 16.7 Å². The first-order chi connectivity index (χ1) is 11.3. The third-order valence-corrected chi connectivity index (χ3v) is 6.53. The Labute approximate surface area is 154 Å². The normalized spacial score (nSPS) is 10.6. The molecule has 0 atom stereocenters. The SMILES string of the molecule is BrP(Br)C(=C(c1ccccc1)c1ccccc1)c1ccccc1. The van der Waals surface area contributed by atoms with Crippen molar-refractivity contribution in [2.24, 2.45) is 0 Å². The smallest absolute Gasteiger partial charge is 0.0622 e. The highest BCUT2D eigenvalue weighted by molar-refractivity contribution is 9.70. The highest BCUT2D eigenvalue weighted by Gasteiger charge is 2.18. The van der Waals surface area contributed by atoms with Crippen LogP contribution in [0.2, 0.25) is 0 Å². The number of rotatable bonds is 4. The average Bonchev–Trinajstić information content (AvgIpc) is 2.61. The number of hydrogen-bond donors (Lipinski definition) is 0. The Morgan fingerprint density at radius 3 is 1.22 bits per heavy atom. The fourth-order valence-corrected chi connectivity index (χ4v) is 5.64. The minimum atomic E-state index is -0.622. The van der Waals surface area contributed by atoms with Crippen molar-refractivity contribution in [1.29, 1.82) is 0 Å². The third kappa shape index (κ3) is 4.01. The summed E-state index contributed by atoms with van der Waals surface area (Å²) in [5, 5.41) is 0.668. The molecule has 3 aromatic carbocycles. The van der Waals surface area contributed by atoms with Crippen molar-refractivity contribution in [2.75, 3.05) is 0 Å². The van der Waals surface area contributed by atoms with E-state index in [2.05, 4.69) is 122 Å². The van der Waals surface area contributed by atoms with Crippen LogP contribution in [0.3, 0.4) is 0 Å². The Bertz CT molecular complexity index is 740. The lowest BCUT2D eigenvalue weighted by Gasteiger charge is -2.18. The molecule has 0 aliphatic heterocycles. The lowest BCUT2D eigenvalue weighted by atomic mass is 9.95. The number of halogens is 2. The topological polar surface area (TPSA) is 0 Å². The fourth-order valence-electron chi connectivity index (χ4n) is 2.57. The molecule has 0 amide bonds. The summed E-state index contributed by atoms with van der Waals surface area (Å²) in [7, 11) is 0. The van der Waals surface area contributed by atoms with E-state index in [9.17, 15) is 0 Å². The van der Waals surface area contributed by atoms with Crippen LogP contribution in [-0.2, 0) is 0 Å². The summed E-state index contributed by atoms with van der Waals surface area (Å²) in [5.74, 6) is 0. The molecule has 0 saturated carbocycles. The van der Waals surface area contributed by atoms with Gasteiger partial charge in [0.2, 0.25) is 0 Å². The largest absolute Gasteiger partial charge is 0.0667 e. The maximum Gasteiger partial charge on any atom is 0.0667 e. The van der Waals surface area contributed by atoms with Crippen LogP contribution >= 0.6 is 36.3 Å². The predicted molar refractivity (Wildman–Crippen MR) is 110 cm³/mol. The van der Waals surface area contributed by atoms with E-state index in [-0.39, 0.29) is 0 Å². The predicted octanol–water partition coefficient (Wildman–Crippen LogP) is 7.70. The maximum atomic E-state index is 3.80. The summed E-state index contributed by atoms with van der Waals surface area (Å²) >= 11 is 7.59. The van der Waals surface area contributed by atoms with Crippen LogP contribution in [0.25, 0.3) is 10.9 Å². The molecule has 0 N–H and O–H groups in total. The molecule has 0 spiro atoms. The van der Waals surface area contributed by atoms with Gasteiger partial charge in [0.15, 0.2) is 0 Å². The van der Waals surface area contributed by atoms with E-state index in [1.54, 1.807) is 0 Å². The van der Waals surface area contributed by atoms with Crippen molar-refractivity contribution in [3.63, 3.8) is 0 Å². The lowest BCUT2D eigenvalue weighted by Crippen LogP contribution is -1.92. The van der Waals surface area contributed by atoms with Crippen LogP contribution in [0.5, 0.6) is 0 Å². The van der Waals surface area contributed by atoms with Gasteiger partial charge in [-0.3, -0.25) is 0 Å². The molecule has 3 rings (SSSR count). The van der Waals surface area contributed by atoms with Crippen molar-refractivity contribution in [3.8, 4) is 0 Å². The van der Waals surface area contributed by atoms with Gasteiger partial charge in [0, 0.05) is 5.31 Å². The summed E-state index contributed by atoms with van der Waals surface area (Å²) in [6, 6.07) is 31.7. The summed E-state index contributed by atoms with van der Waals surface area (Å²) in [5.41, 5.74) is 4.94. The summed E-state index contributed by atoms with van der Waals surface area (Å²) in [6.07, 6.45) is 0. The minimum absolute atomic E-state index is 0.622. The van der Waals surface area contributed by atoms with Crippen molar-refractivity contribution < 1.29 is 0 Å². The molecule has 0 aromatic heterocycles. The van der Waals surface area contributed by atoms with Crippen molar-refractivity contribution >= 4 is 47.2 Å². The Hall–Kier alpha value is -1.21. The fraction of sp³-hybridized carbons (Fsp3) is 0. The summed E-state index contributed by atoms with van der Waals surface area (Å²) in [6.45, 7) is 0. The summed E-state index contributed by atoms with van der Waals surface area (Å²) in [4.78, 5) is 0. The quantitative estimate of drug-likeness (QED) is 0.285. The van der Waals surface area contributed by atoms with Gasteiger partial charge in [0.1, 0.15) is 0 Å². The molecule has 0 radical (unpaired) electrons. The first-order valence-electron chi connectivity index (χ1n) is 7.29. The molecule has 114 valence electrons. The van der Waals surface area contributed by atoms with Gasteiger partial charge < -0.3 is 0 Å². The molecule has 0 saturated heterocycles. The molecule has 0 fully saturated rings. The van der Waals surface area contributed by atoms with Crippen LogP contribution in [0.4, 0.5) is 0 Å². The maximum absolute atomic E-state index is 3.80. The monoisotopic (exact) mass is 444 g/mol. The number of hydrogen-bond acceptors (Lipinski definition) is 0. The van der Waals surface area contributed by atoms with E-state index in [4.69, 9.17) is 0 Å². The highest BCUT2D eigenvalue weighted by atomic mass is 79.9. The second kappa shape index (κ2) is 8.06. The van der Waals surface area contributed by atoms with Crippen molar-refractivity contribution in [1.82, 2.24) is 0 Å². The second-order valence-electron chi connectivity index (χ2n) is 5.05. The van der Waals surface area contributed by atoms with Gasteiger partial charge in [-0.05, 0) is 53.2 Å². The van der Waals surface area contributed by atoms with Gasteiger partial charge in [-0.1, -0.05) is 91.0 Å². The van der Waals surface area contributed by atoms with Crippen molar-refractivity contribution in [2.45, 2.75) is 0 Å². The minimum Gasteiger partial charge on any atom is -0.0622 e. The molecule has 0 aliphatic carbocycles. The molecular formula is C20H15Br2P. The Morgan fingerprint density at radius 1 is 0.522 bits per heavy atom. The second-order valence-corrected chi connectivity index (χ2v) is 13.1. The molecule has 23 heavy (non-hydrogen) atoms. The molecule has 0 unspecified atom stereocenters. The average molecular weight is 446 g/mol. The van der Waals surface area contributed by atoms with Gasteiger partial charge in [-0.2, -0.15) is 0 Å². The van der Waals surface area contributed by atoms with E-state index in [0.29, 0.717) is 0 Å². The molecule has 3 aromatic rings. The first kappa shape index (κ1) is 16.6. The molecule has 0 aliphatic rings. The van der Waals surface area contributed by atoms with E-state index in [1.807, 2.05) is 0 Å². The standard InChI is InChI=1S/C20H15Br2P/c21-23(22)20(18-14-8-3-9-15-18)19(16-10-4-1-5-11-16)17-12-6-2-7-13-17/h1-15H. The molecule has 0 bridgehead atoms. The molecular weight excluding hydrogens is 431 g/mol. The van der Waals surface area contributed by atoms with Gasteiger partial charge in [0.05, 0.1) is 5.33 Å². The van der Waals surface area contributed by atoms with Gasteiger partial charge >= 0.3 is 0 Å². The molecule has 0 heterocycles. The van der Waals surface area contributed by atoms with Crippen LogP contribution in [0, 0.1) is 0 Å². The number of benzene rings is 3. The highest BCUT2D eigenvalue weighted by Crippen LogP contribution is 2.65. The third-order valence-electron chi connectivity index (χ3n) is 3.58. The van der Waals surface area contributed by atoms with Gasteiger partial charge in [0.25, 0.3) is 0 Å². The zero-order valence-electron chi connectivity index (χ0n) is 12.4. The summed E-state index contributed by atoms with van der Waals surface area (Å²) < 4.78 is 0. The Balaban J connectivity index is 2.32. The molecule has 0 nitrogen and oxygen atoms in total. The zero-order valence-corrected chi connectivity index (χ0v) is 16.4. The van der Waals surface area contributed by atoms with Gasteiger partial charge in [-0.15, -0.1) is 0 Å². The van der Waals surface area contributed by atoms with Crippen molar-refractivity contribution in [3.05, 3.63) is 108 Å². The van der Waals surface area contributed by atoms with Crippen LogP contribution in [-0.4, -0.2) is 0 Å². The van der Waals surface area contributed by atoms with Crippen LogP contribution < -0.4 is 0 Å². The Morgan fingerprint density at radius 2 is 0.870 bits per heavy atom. The Kier molecular flexibility index (Phi) is 5.83. The van der Waals surface area contributed by atoms with Gasteiger partial charge in [-0.25, -0.2) is 0 Å².